The predicted octanol–water partition coefficient (Wildman–Crippen LogP) is 1.56. The lowest BCUT2D eigenvalue weighted by Crippen LogP contribution is -2.44. The number of nitrogens with two attached hydrogens (primary N) is 1. The molecule has 0 aromatic carbocycles. The van der Waals surface area contributed by atoms with E-state index in [0.29, 0.717) is 5.02 Å². The number of nitrogens with one attached hydrogen (secondary N) is 1. The summed E-state index contributed by atoms with van der Waals surface area (Å²) in [5, 5.41) is 3.79. The van der Waals surface area contributed by atoms with Crippen LogP contribution in [0, 0.1) is 5.92 Å². The first-order chi connectivity index (χ1) is 10.1. The fourth-order valence-electron chi connectivity index (χ4n) is 3.30. The zero-order chi connectivity index (χ0) is 14.8. The molecule has 2 fully saturated rings. The van der Waals surface area contributed by atoms with Crippen molar-refractivity contribution in [2.24, 2.45) is 11.7 Å². The van der Waals surface area contributed by atoms with Crippen LogP contribution in [0.15, 0.2) is 18.3 Å². The van der Waals surface area contributed by atoms with Gasteiger partial charge in [-0.2, -0.15) is 0 Å². The number of hydrogen-bond acceptors (Lipinski definition) is 4. The first-order valence-corrected chi connectivity index (χ1v) is 7.94. The highest BCUT2D eigenvalue weighted by molar-refractivity contribution is 6.32. The summed E-state index contributed by atoms with van der Waals surface area (Å²) < 4.78 is 0. The normalized spacial score (nSPS) is 28.9. The van der Waals surface area contributed by atoms with Crippen LogP contribution in [0.5, 0.6) is 0 Å². The van der Waals surface area contributed by atoms with Crippen LogP contribution in [0.25, 0.3) is 0 Å². The molecule has 3 atom stereocenters. The first kappa shape index (κ1) is 14.6. The fourth-order valence-corrected chi connectivity index (χ4v) is 3.54. The van der Waals surface area contributed by atoms with Gasteiger partial charge in [0.2, 0.25) is 5.91 Å². The maximum absolute atomic E-state index is 12.3. The van der Waals surface area contributed by atoms with Crippen molar-refractivity contribution >= 4 is 23.3 Å². The summed E-state index contributed by atoms with van der Waals surface area (Å²) in [7, 11) is 0. The van der Waals surface area contributed by atoms with Crippen LogP contribution in [0.1, 0.15) is 25.7 Å². The first-order valence-electron chi connectivity index (χ1n) is 7.56. The standard InChI is InChI=1S/C15H21ClN4O/c16-12-4-2-7-18-14(12)20-8-6-10(9-20)19-15(21)11-3-1-5-13(11)17/h2,4,7,10-11,13H,1,3,5-6,8-9,17H2,(H,19,21)/t10-,11-,13-/m1/s1. The van der Waals surface area contributed by atoms with Crippen LogP contribution >= 0.6 is 11.6 Å². The van der Waals surface area contributed by atoms with E-state index < -0.39 is 0 Å². The predicted molar refractivity (Wildman–Crippen MR) is 83.3 cm³/mol. The second-order valence-corrected chi connectivity index (χ2v) is 6.36. The van der Waals surface area contributed by atoms with Crippen LogP contribution in [-0.4, -0.2) is 36.1 Å². The fraction of sp³-hybridized carbons (Fsp3) is 0.600. The third-order valence-electron chi connectivity index (χ3n) is 4.48. The number of nitrogens with zero attached hydrogens (tertiary/aromatic N) is 2. The molecule has 0 spiro atoms. The summed E-state index contributed by atoms with van der Waals surface area (Å²) in [6.07, 6.45) is 5.58. The van der Waals surface area contributed by atoms with Gasteiger partial charge >= 0.3 is 0 Å². The van der Waals surface area contributed by atoms with Gasteiger partial charge in [-0.05, 0) is 31.4 Å². The molecule has 114 valence electrons. The highest BCUT2D eigenvalue weighted by Crippen LogP contribution is 2.27. The molecule has 1 saturated carbocycles. The van der Waals surface area contributed by atoms with Crippen LogP contribution in [0.4, 0.5) is 5.82 Å². The van der Waals surface area contributed by atoms with Crippen LogP contribution in [0.2, 0.25) is 5.02 Å². The van der Waals surface area contributed by atoms with Crippen LogP contribution in [0.3, 0.4) is 0 Å². The van der Waals surface area contributed by atoms with E-state index in [1.54, 1.807) is 6.20 Å². The molecule has 5 nitrogen and oxygen atoms in total. The van der Waals surface area contributed by atoms with Crippen molar-refractivity contribution in [1.82, 2.24) is 10.3 Å². The molecule has 1 aromatic rings. The lowest BCUT2D eigenvalue weighted by atomic mass is 10.0. The van der Waals surface area contributed by atoms with Gasteiger partial charge in [0.15, 0.2) is 0 Å². The maximum Gasteiger partial charge on any atom is 0.224 e. The number of halogens is 1. The summed E-state index contributed by atoms with van der Waals surface area (Å²) in [5.41, 5.74) is 5.99. The third kappa shape index (κ3) is 3.14. The smallest absolute Gasteiger partial charge is 0.224 e. The molecule has 21 heavy (non-hydrogen) atoms. The van der Waals surface area contributed by atoms with E-state index in [2.05, 4.69) is 15.2 Å². The van der Waals surface area contributed by atoms with Gasteiger partial charge in [0, 0.05) is 31.4 Å². The Kier molecular flexibility index (Phi) is 4.31. The Balaban J connectivity index is 1.58. The molecule has 3 N–H and O–H groups in total. The van der Waals surface area contributed by atoms with E-state index in [0.717, 1.165) is 44.6 Å². The highest BCUT2D eigenvalue weighted by atomic mass is 35.5. The Hall–Kier alpha value is -1.33. The van der Waals surface area contributed by atoms with Crippen molar-refractivity contribution in [2.45, 2.75) is 37.8 Å². The molecular weight excluding hydrogens is 288 g/mol. The van der Waals surface area contributed by atoms with Gasteiger partial charge < -0.3 is 16.0 Å². The Morgan fingerprint density at radius 2 is 2.29 bits per heavy atom. The molecule has 0 unspecified atom stereocenters. The largest absolute Gasteiger partial charge is 0.353 e. The summed E-state index contributed by atoms with van der Waals surface area (Å²) in [6.45, 7) is 1.61. The van der Waals surface area contributed by atoms with Crippen molar-refractivity contribution in [2.75, 3.05) is 18.0 Å². The molecular formula is C15H21ClN4O. The number of pyridine rings is 1. The van der Waals surface area contributed by atoms with Gasteiger partial charge in [-0.1, -0.05) is 18.0 Å². The molecule has 1 amide bonds. The Bertz CT molecular complexity index is 524. The van der Waals surface area contributed by atoms with Gasteiger partial charge in [-0.25, -0.2) is 4.98 Å². The van der Waals surface area contributed by atoms with Crippen LogP contribution in [-0.2, 0) is 4.79 Å². The molecule has 0 radical (unpaired) electrons. The molecule has 6 heteroatoms. The van der Waals surface area contributed by atoms with Crippen molar-refractivity contribution < 1.29 is 4.79 Å². The molecule has 2 heterocycles. The minimum atomic E-state index is -0.0162. The zero-order valence-corrected chi connectivity index (χ0v) is 12.7. The lowest BCUT2D eigenvalue weighted by Gasteiger charge is -2.21. The number of aromatic nitrogens is 1. The Morgan fingerprint density at radius 1 is 1.43 bits per heavy atom. The molecule has 1 saturated heterocycles. The quantitative estimate of drug-likeness (QED) is 0.889. The third-order valence-corrected chi connectivity index (χ3v) is 4.77. The van der Waals surface area contributed by atoms with E-state index in [-0.39, 0.29) is 23.9 Å². The monoisotopic (exact) mass is 308 g/mol. The van der Waals surface area contributed by atoms with Crippen molar-refractivity contribution in [3.05, 3.63) is 23.4 Å². The van der Waals surface area contributed by atoms with Crippen molar-refractivity contribution in [3.8, 4) is 0 Å². The van der Waals surface area contributed by atoms with Gasteiger partial charge in [0.25, 0.3) is 0 Å². The second-order valence-electron chi connectivity index (χ2n) is 5.95. The molecule has 0 bridgehead atoms. The Labute approximate surface area is 129 Å². The number of hydrogen-bond donors (Lipinski definition) is 2. The zero-order valence-electron chi connectivity index (χ0n) is 12.0. The topological polar surface area (TPSA) is 71.2 Å². The number of carbonyl (C=O) groups is 1. The van der Waals surface area contributed by atoms with E-state index >= 15 is 0 Å². The molecule has 2 aliphatic rings. The van der Waals surface area contributed by atoms with E-state index in [9.17, 15) is 4.79 Å². The number of rotatable bonds is 3. The van der Waals surface area contributed by atoms with Crippen LogP contribution < -0.4 is 16.0 Å². The van der Waals surface area contributed by atoms with Gasteiger partial charge in [-0.3, -0.25) is 4.79 Å². The maximum atomic E-state index is 12.3. The number of anilines is 1. The summed E-state index contributed by atoms with van der Waals surface area (Å²) >= 11 is 6.17. The van der Waals surface area contributed by atoms with Crippen molar-refractivity contribution in [3.63, 3.8) is 0 Å². The van der Waals surface area contributed by atoms with E-state index in [4.69, 9.17) is 17.3 Å². The van der Waals surface area contributed by atoms with Crippen molar-refractivity contribution in [1.29, 1.82) is 0 Å². The van der Waals surface area contributed by atoms with Gasteiger partial charge in [-0.15, -0.1) is 0 Å². The SMILES string of the molecule is N[C@@H]1CCC[C@H]1C(=O)N[C@@H]1CCN(c2ncccc2Cl)C1. The second kappa shape index (κ2) is 6.20. The highest BCUT2D eigenvalue weighted by Gasteiger charge is 2.33. The lowest BCUT2D eigenvalue weighted by molar-refractivity contribution is -0.125. The average molecular weight is 309 g/mol. The molecule has 1 aliphatic carbocycles. The minimum absolute atomic E-state index is 0.0162. The summed E-state index contributed by atoms with van der Waals surface area (Å²) in [5.74, 6) is 0.893. The van der Waals surface area contributed by atoms with E-state index in [1.807, 2.05) is 12.1 Å². The van der Waals surface area contributed by atoms with E-state index in [1.165, 1.54) is 0 Å². The summed E-state index contributed by atoms with van der Waals surface area (Å²) in [6, 6.07) is 3.84. The minimum Gasteiger partial charge on any atom is -0.353 e. The number of amides is 1. The molecule has 3 rings (SSSR count). The average Bonchev–Trinajstić information content (AvgIpc) is 3.08. The van der Waals surface area contributed by atoms with Gasteiger partial charge in [0.05, 0.1) is 10.9 Å². The number of carbonyl (C=O) groups excluding carboxylic acids is 1. The molecule has 1 aromatic heterocycles. The molecule has 1 aliphatic heterocycles. The Morgan fingerprint density at radius 3 is 3.00 bits per heavy atom. The summed E-state index contributed by atoms with van der Waals surface area (Å²) in [4.78, 5) is 18.7. The van der Waals surface area contributed by atoms with Gasteiger partial charge in [0.1, 0.15) is 5.82 Å².